The minimum absolute atomic E-state index is 0.284. The molecule has 4 aromatic rings. The van der Waals surface area contributed by atoms with Gasteiger partial charge in [-0.05, 0) is 57.0 Å². The third-order valence-electron chi connectivity index (χ3n) is 5.12. The summed E-state index contributed by atoms with van der Waals surface area (Å²) in [4.78, 5) is 29.7. The smallest absolute Gasteiger partial charge is 0.343 e. The number of para-hydroxylation sites is 1. The van der Waals surface area contributed by atoms with Crippen molar-refractivity contribution in [2.45, 2.75) is 6.92 Å². The third kappa shape index (κ3) is 5.34. The summed E-state index contributed by atoms with van der Waals surface area (Å²) in [6.45, 7) is 1.92. The minimum Gasteiger partial charge on any atom is -0.490 e. The molecule has 0 aliphatic rings. The summed E-state index contributed by atoms with van der Waals surface area (Å²) >= 11 is 7.04. The molecule has 1 aromatic heterocycles. The third-order valence-corrected chi connectivity index (χ3v) is 7.26. The summed E-state index contributed by atoms with van der Waals surface area (Å²) in [5, 5.41) is 4.97. The molecule has 10 heteroatoms. The predicted octanol–water partition coefficient (Wildman–Crippen LogP) is 5.42. The van der Waals surface area contributed by atoms with Crippen LogP contribution in [-0.2, 0) is 9.53 Å². The first-order valence-electron chi connectivity index (χ1n) is 10.9. The Kier molecular flexibility index (Phi) is 8.17. The van der Waals surface area contributed by atoms with Crippen LogP contribution in [0.2, 0.25) is 0 Å². The highest BCUT2D eigenvalue weighted by Crippen LogP contribution is 2.42. The molecule has 0 radical (unpaired) electrons. The van der Waals surface area contributed by atoms with E-state index >= 15 is 0 Å². The summed E-state index contributed by atoms with van der Waals surface area (Å²) in [5.74, 6) is 0.613. The molecule has 0 amide bonds. The maximum Gasteiger partial charge on any atom is 0.343 e. The molecule has 8 nitrogen and oxygen atoms in total. The van der Waals surface area contributed by atoms with Gasteiger partial charge in [-0.1, -0.05) is 42.5 Å². The Balaban J connectivity index is 1.83. The van der Waals surface area contributed by atoms with Crippen LogP contribution in [0.1, 0.15) is 12.5 Å². The van der Waals surface area contributed by atoms with Crippen molar-refractivity contribution >= 4 is 54.9 Å². The fourth-order valence-corrected chi connectivity index (χ4v) is 4.35. The van der Waals surface area contributed by atoms with E-state index in [0.29, 0.717) is 49.3 Å². The molecule has 0 saturated heterocycles. The van der Waals surface area contributed by atoms with Crippen LogP contribution in [0.5, 0.6) is 11.5 Å². The van der Waals surface area contributed by atoms with E-state index in [-0.39, 0.29) is 12.2 Å². The van der Waals surface area contributed by atoms with Crippen LogP contribution in [0.15, 0.2) is 79.5 Å². The van der Waals surface area contributed by atoms with E-state index in [9.17, 15) is 9.59 Å². The van der Waals surface area contributed by atoms with E-state index in [1.54, 1.807) is 24.3 Å². The number of fused-ring (bicyclic) bond motifs is 1. The fraction of sp³-hybridized carbons (Fsp3) is 0.154. The van der Waals surface area contributed by atoms with E-state index in [2.05, 4.69) is 41.7 Å². The monoisotopic (exact) mass is 613 g/mol. The Labute approximate surface area is 223 Å². The number of hydrogen-bond donors (Lipinski definition) is 0. The lowest BCUT2D eigenvalue weighted by Gasteiger charge is -2.16. The Morgan fingerprint density at radius 3 is 2.50 bits per heavy atom. The number of hydrogen-bond acceptors (Lipinski definition) is 7. The zero-order valence-corrected chi connectivity index (χ0v) is 22.6. The highest BCUT2D eigenvalue weighted by molar-refractivity contribution is 9.13. The van der Waals surface area contributed by atoms with Crippen molar-refractivity contribution in [2.24, 2.45) is 5.10 Å². The van der Waals surface area contributed by atoms with Crippen LogP contribution in [0.4, 0.5) is 0 Å². The number of rotatable bonds is 8. The first kappa shape index (κ1) is 25.6. The Bertz CT molecular complexity index is 1500. The maximum atomic E-state index is 13.4. The second-order valence-corrected chi connectivity index (χ2v) is 8.98. The lowest BCUT2D eigenvalue weighted by Crippen LogP contribution is -2.20. The summed E-state index contributed by atoms with van der Waals surface area (Å²) in [6.07, 6.45) is 1.53. The van der Waals surface area contributed by atoms with Crippen molar-refractivity contribution < 1.29 is 19.0 Å². The number of carbonyl (C=O) groups excluding carboxylic acids is 1. The average molecular weight is 615 g/mol. The lowest BCUT2D eigenvalue weighted by molar-refractivity contribution is -0.142. The SMILES string of the molecule is CCOc1cc(C=Nn2c(-c3ccccc3)nc3ccccc3c2=O)c(Br)c(Br)c1OCC(=O)OC. The number of carbonyl (C=O) groups is 1. The first-order chi connectivity index (χ1) is 17.4. The van der Waals surface area contributed by atoms with Crippen LogP contribution in [0, 0.1) is 0 Å². The molecule has 36 heavy (non-hydrogen) atoms. The average Bonchev–Trinajstić information content (AvgIpc) is 2.90. The number of esters is 1. The summed E-state index contributed by atoms with van der Waals surface area (Å²) in [7, 11) is 1.28. The molecular formula is C26H21Br2N3O5. The second kappa shape index (κ2) is 11.5. The summed E-state index contributed by atoms with van der Waals surface area (Å²) in [6, 6.07) is 18.2. The van der Waals surface area contributed by atoms with Crippen molar-refractivity contribution in [1.82, 2.24) is 9.66 Å². The molecule has 1 heterocycles. The van der Waals surface area contributed by atoms with Gasteiger partial charge in [-0.25, -0.2) is 9.78 Å². The Morgan fingerprint density at radius 1 is 1.06 bits per heavy atom. The van der Waals surface area contributed by atoms with Gasteiger partial charge in [0.2, 0.25) is 0 Å². The van der Waals surface area contributed by atoms with Crippen molar-refractivity contribution in [2.75, 3.05) is 20.3 Å². The minimum atomic E-state index is -0.525. The van der Waals surface area contributed by atoms with E-state index < -0.39 is 5.97 Å². The molecule has 0 bridgehead atoms. The Morgan fingerprint density at radius 2 is 1.78 bits per heavy atom. The van der Waals surface area contributed by atoms with Gasteiger partial charge in [0, 0.05) is 15.6 Å². The van der Waals surface area contributed by atoms with Gasteiger partial charge in [-0.2, -0.15) is 9.78 Å². The maximum absolute atomic E-state index is 13.4. The van der Waals surface area contributed by atoms with Gasteiger partial charge in [0.1, 0.15) is 0 Å². The topological polar surface area (TPSA) is 92.0 Å². The van der Waals surface area contributed by atoms with Crippen molar-refractivity contribution in [1.29, 1.82) is 0 Å². The van der Waals surface area contributed by atoms with Crippen molar-refractivity contribution in [3.63, 3.8) is 0 Å². The molecule has 0 spiro atoms. The summed E-state index contributed by atoms with van der Waals surface area (Å²) < 4.78 is 18.4. The predicted molar refractivity (Wildman–Crippen MR) is 145 cm³/mol. The van der Waals surface area contributed by atoms with Crippen LogP contribution in [-0.4, -0.2) is 42.2 Å². The highest BCUT2D eigenvalue weighted by atomic mass is 79.9. The molecule has 0 aliphatic heterocycles. The molecule has 0 N–H and O–H groups in total. The van der Waals surface area contributed by atoms with Gasteiger partial charge in [0.25, 0.3) is 5.56 Å². The molecule has 0 saturated carbocycles. The molecular weight excluding hydrogens is 594 g/mol. The fourth-order valence-electron chi connectivity index (χ4n) is 3.41. The number of ether oxygens (including phenoxy) is 3. The second-order valence-electron chi connectivity index (χ2n) is 7.40. The van der Waals surface area contributed by atoms with E-state index in [1.165, 1.54) is 18.0 Å². The highest BCUT2D eigenvalue weighted by Gasteiger charge is 2.19. The van der Waals surface area contributed by atoms with Crippen LogP contribution in [0.3, 0.4) is 0 Å². The van der Waals surface area contributed by atoms with Gasteiger partial charge in [-0.3, -0.25) is 4.79 Å². The van der Waals surface area contributed by atoms with Crippen LogP contribution < -0.4 is 15.0 Å². The first-order valence-corrected chi connectivity index (χ1v) is 12.5. The standard InChI is InChI=1S/C26H21Br2N3O5/c1-3-35-20-13-17(22(27)23(28)24(20)36-15-21(32)34-2)14-29-31-25(16-9-5-4-6-10-16)30-19-12-8-7-11-18(19)26(31)33/h4-14H,3,15H2,1-2H3. The largest absolute Gasteiger partial charge is 0.490 e. The number of benzene rings is 3. The molecule has 3 aromatic carbocycles. The van der Waals surface area contributed by atoms with E-state index in [4.69, 9.17) is 14.5 Å². The molecule has 0 aliphatic carbocycles. The quantitative estimate of drug-likeness (QED) is 0.194. The van der Waals surface area contributed by atoms with E-state index in [1.807, 2.05) is 43.3 Å². The molecule has 4 rings (SSSR count). The summed E-state index contributed by atoms with van der Waals surface area (Å²) in [5.41, 5.74) is 1.64. The molecule has 0 fully saturated rings. The van der Waals surface area contributed by atoms with E-state index in [0.717, 1.165) is 5.56 Å². The lowest BCUT2D eigenvalue weighted by atomic mass is 10.2. The number of nitrogens with zero attached hydrogens (tertiary/aromatic N) is 3. The zero-order valence-electron chi connectivity index (χ0n) is 19.4. The number of aromatic nitrogens is 2. The number of methoxy groups -OCH3 is 1. The molecule has 184 valence electrons. The van der Waals surface area contributed by atoms with Crippen LogP contribution in [0.25, 0.3) is 22.3 Å². The van der Waals surface area contributed by atoms with Crippen molar-refractivity contribution in [3.05, 3.63) is 85.5 Å². The van der Waals surface area contributed by atoms with Gasteiger partial charge < -0.3 is 14.2 Å². The van der Waals surface area contributed by atoms with Crippen molar-refractivity contribution in [3.8, 4) is 22.9 Å². The van der Waals surface area contributed by atoms with Crippen LogP contribution >= 0.6 is 31.9 Å². The van der Waals surface area contributed by atoms with Gasteiger partial charge >= 0.3 is 5.97 Å². The van der Waals surface area contributed by atoms with Gasteiger partial charge in [-0.15, -0.1) is 0 Å². The molecule has 0 unspecified atom stereocenters. The number of halogens is 2. The zero-order chi connectivity index (χ0) is 25.7. The molecule has 0 atom stereocenters. The Hall–Kier alpha value is -3.50. The van der Waals surface area contributed by atoms with Gasteiger partial charge in [0.05, 0.1) is 35.3 Å². The normalized spacial score (nSPS) is 11.1. The van der Waals surface area contributed by atoms with Gasteiger partial charge in [0.15, 0.2) is 23.9 Å².